The van der Waals surface area contributed by atoms with Crippen molar-refractivity contribution in [1.82, 2.24) is 4.90 Å². The molecule has 1 aliphatic rings. The molecule has 0 saturated carbocycles. The summed E-state index contributed by atoms with van der Waals surface area (Å²) in [5, 5.41) is 9.20. The van der Waals surface area contributed by atoms with E-state index >= 15 is 0 Å². The monoisotopic (exact) mass is 297 g/mol. The lowest BCUT2D eigenvalue weighted by atomic mass is 10.1. The summed E-state index contributed by atoms with van der Waals surface area (Å²) >= 11 is 3.27. The van der Waals surface area contributed by atoms with Crippen LogP contribution in [0, 0.1) is 0 Å². The molecule has 4 nitrogen and oxygen atoms in total. The Morgan fingerprint density at radius 2 is 1.94 bits per heavy atom. The summed E-state index contributed by atoms with van der Waals surface area (Å²) < 4.78 is 0.760. The van der Waals surface area contributed by atoms with Crippen molar-refractivity contribution in [3.63, 3.8) is 0 Å². The highest BCUT2D eigenvalue weighted by atomic mass is 79.9. The Bertz CT molecular complexity index is 483. The maximum Gasteiger partial charge on any atom is 0.261 e. The van der Waals surface area contributed by atoms with E-state index in [1.54, 1.807) is 18.2 Å². The van der Waals surface area contributed by atoms with Crippen molar-refractivity contribution in [3.05, 3.63) is 33.8 Å². The zero-order valence-corrected chi connectivity index (χ0v) is 10.9. The van der Waals surface area contributed by atoms with E-state index in [0.29, 0.717) is 17.5 Å². The van der Waals surface area contributed by atoms with E-state index in [2.05, 4.69) is 15.9 Å². The molecule has 1 aliphatic heterocycles. The van der Waals surface area contributed by atoms with Crippen molar-refractivity contribution in [2.45, 2.75) is 19.4 Å². The van der Waals surface area contributed by atoms with Gasteiger partial charge in [0, 0.05) is 4.47 Å². The minimum Gasteiger partial charge on any atom is -0.394 e. The van der Waals surface area contributed by atoms with Crippen LogP contribution >= 0.6 is 15.9 Å². The summed E-state index contributed by atoms with van der Waals surface area (Å²) in [6, 6.07) is 4.55. The van der Waals surface area contributed by atoms with E-state index in [0.717, 1.165) is 9.37 Å². The fourth-order valence-corrected chi connectivity index (χ4v) is 2.32. The first-order valence-electron chi connectivity index (χ1n) is 5.38. The molecule has 0 aliphatic carbocycles. The third kappa shape index (κ3) is 1.89. The molecule has 1 aromatic rings. The summed E-state index contributed by atoms with van der Waals surface area (Å²) in [6.45, 7) is 1.63. The van der Waals surface area contributed by atoms with Crippen LogP contribution in [0.4, 0.5) is 0 Å². The number of carbonyl (C=O) groups is 2. The second-order valence-electron chi connectivity index (χ2n) is 3.91. The molecule has 90 valence electrons. The standard InChI is InChI=1S/C12H12BrNO3/c1-2-8(6-15)14-11(16)9-4-3-7(13)5-10(9)12(14)17/h3-5,8,15H,2,6H2,1H3. The third-order valence-electron chi connectivity index (χ3n) is 2.93. The lowest BCUT2D eigenvalue weighted by Gasteiger charge is -2.22. The fraction of sp³-hybridized carbons (Fsp3) is 0.333. The fourth-order valence-electron chi connectivity index (χ4n) is 1.96. The number of imide groups is 1. The van der Waals surface area contributed by atoms with Crippen molar-refractivity contribution >= 4 is 27.7 Å². The number of carbonyl (C=O) groups excluding carboxylic acids is 2. The number of aliphatic hydroxyl groups is 1. The van der Waals surface area contributed by atoms with Gasteiger partial charge in [-0.3, -0.25) is 14.5 Å². The van der Waals surface area contributed by atoms with Crippen LogP contribution in [0.1, 0.15) is 34.1 Å². The molecule has 0 aromatic heterocycles. The van der Waals surface area contributed by atoms with Crippen LogP contribution in [0.15, 0.2) is 22.7 Å². The minimum atomic E-state index is -0.443. The van der Waals surface area contributed by atoms with E-state index in [1.807, 2.05) is 6.92 Å². The molecule has 0 radical (unpaired) electrons. The minimum absolute atomic E-state index is 0.205. The molecule has 2 rings (SSSR count). The van der Waals surface area contributed by atoms with Gasteiger partial charge in [-0.1, -0.05) is 22.9 Å². The van der Waals surface area contributed by atoms with E-state index < -0.39 is 6.04 Å². The van der Waals surface area contributed by atoms with Crippen molar-refractivity contribution in [2.24, 2.45) is 0 Å². The number of amides is 2. The van der Waals surface area contributed by atoms with Gasteiger partial charge in [0.1, 0.15) is 0 Å². The van der Waals surface area contributed by atoms with E-state index in [-0.39, 0.29) is 18.4 Å². The Hall–Kier alpha value is -1.20. The van der Waals surface area contributed by atoms with Gasteiger partial charge in [-0.05, 0) is 24.6 Å². The Balaban J connectivity index is 2.45. The van der Waals surface area contributed by atoms with Crippen LogP contribution in [0.2, 0.25) is 0 Å². The lowest BCUT2D eigenvalue weighted by molar-refractivity contribution is 0.0511. The first-order chi connectivity index (χ1) is 8.10. The third-order valence-corrected chi connectivity index (χ3v) is 3.42. The zero-order valence-electron chi connectivity index (χ0n) is 9.31. The summed E-state index contributed by atoms with van der Waals surface area (Å²) in [4.78, 5) is 25.3. The Labute approximate surface area is 107 Å². The van der Waals surface area contributed by atoms with Crippen LogP contribution in [-0.2, 0) is 0 Å². The SMILES string of the molecule is CCC(CO)N1C(=O)c2ccc(Br)cc2C1=O. The number of rotatable bonds is 3. The first-order valence-corrected chi connectivity index (χ1v) is 6.17. The van der Waals surface area contributed by atoms with Gasteiger partial charge in [0.25, 0.3) is 11.8 Å². The van der Waals surface area contributed by atoms with Gasteiger partial charge < -0.3 is 5.11 Å². The number of benzene rings is 1. The highest BCUT2D eigenvalue weighted by Crippen LogP contribution is 2.28. The molecule has 0 fully saturated rings. The van der Waals surface area contributed by atoms with Crippen LogP contribution in [0.5, 0.6) is 0 Å². The van der Waals surface area contributed by atoms with Crippen molar-refractivity contribution in [2.75, 3.05) is 6.61 Å². The Morgan fingerprint density at radius 3 is 2.53 bits per heavy atom. The molecule has 1 heterocycles. The van der Waals surface area contributed by atoms with Crippen LogP contribution < -0.4 is 0 Å². The number of nitrogens with zero attached hydrogens (tertiary/aromatic N) is 1. The van der Waals surface area contributed by atoms with Gasteiger partial charge in [-0.25, -0.2) is 0 Å². The Kier molecular flexibility index (Phi) is 3.31. The van der Waals surface area contributed by atoms with Gasteiger partial charge >= 0.3 is 0 Å². The highest BCUT2D eigenvalue weighted by Gasteiger charge is 2.39. The number of hydrogen-bond acceptors (Lipinski definition) is 3. The molecule has 0 bridgehead atoms. The lowest BCUT2D eigenvalue weighted by Crippen LogP contribution is -2.41. The molecule has 0 spiro atoms. The maximum atomic E-state index is 12.1. The molecule has 1 aromatic carbocycles. The Morgan fingerprint density at radius 1 is 1.29 bits per heavy atom. The van der Waals surface area contributed by atoms with Gasteiger partial charge in [0.05, 0.1) is 23.8 Å². The zero-order chi connectivity index (χ0) is 12.6. The average Bonchev–Trinajstić information content (AvgIpc) is 2.56. The average molecular weight is 298 g/mol. The van der Waals surface area contributed by atoms with E-state index in [9.17, 15) is 14.7 Å². The van der Waals surface area contributed by atoms with Crippen molar-refractivity contribution in [1.29, 1.82) is 0 Å². The van der Waals surface area contributed by atoms with E-state index in [4.69, 9.17) is 0 Å². The van der Waals surface area contributed by atoms with E-state index in [1.165, 1.54) is 0 Å². The number of hydrogen-bond donors (Lipinski definition) is 1. The van der Waals surface area contributed by atoms with Crippen LogP contribution in [0.25, 0.3) is 0 Å². The number of aliphatic hydroxyl groups excluding tert-OH is 1. The summed E-state index contributed by atoms with van der Waals surface area (Å²) in [5.74, 6) is -0.648. The topological polar surface area (TPSA) is 57.6 Å². The first kappa shape index (κ1) is 12.3. The van der Waals surface area contributed by atoms with Crippen LogP contribution in [0.3, 0.4) is 0 Å². The molecule has 1 atom stereocenters. The smallest absolute Gasteiger partial charge is 0.261 e. The predicted octanol–water partition coefficient (Wildman–Crippen LogP) is 1.82. The molecular formula is C12H12BrNO3. The molecule has 5 heteroatoms. The summed E-state index contributed by atoms with van der Waals surface area (Å²) in [7, 11) is 0. The van der Waals surface area contributed by atoms with Gasteiger partial charge in [0.15, 0.2) is 0 Å². The predicted molar refractivity (Wildman–Crippen MR) is 65.8 cm³/mol. The van der Waals surface area contributed by atoms with Crippen LogP contribution in [-0.4, -0.2) is 34.5 Å². The second-order valence-corrected chi connectivity index (χ2v) is 4.83. The molecule has 1 N–H and O–H groups in total. The molecule has 1 unspecified atom stereocenters. The largest absolute Gasteiger partial charge is 0.394 e. The molecular weight excluding hydrogens is 286 g/mol. The summed E-state index contributed by atoms with van der Waals surface area (Å²) in [5.41, 5.74) is 0.807. The number of halogens is 1. The normalized spacial score (nSPS) is 16.3. The van der Waals surface area contributed by atoms with Crippen molar-refractivity contribution in [3.8, 4) is 0 Å². The van der Waals surface area contributed by atoms with Crippen molar-refractivity contribution < 1.29 is 14.7 Å². The van der Waals surface area contributed by atoms with Gasteiger partial charge in [-0.2, -0.15) is 0 Å². The second kappa shape index (κ2) is 4.58. The highest BCUT2D eigenvalue weighted by molar-refractivity contribution is 9.10. The summed E-state index contributed by atoms with van der Waals surface area (Å²) in [6.07, 6.45) is 0.545. The van der Waals surface area contributed by atoms with Gasteiger partial charge in [0.2, 0.25) is 0 Å². The quantitative estimate of drug-likeness (QED) is 0.866. The number of fused-ring (bicyclic) bond motifs is 1. The molecule has 17 heavy (non-hydrogen) atoms. The maximum absolute atomic E-state index is 12.1. The molecule has 2 amide bonds. The van der Waals surface area contributed by atoms with Gasteiger partial charge in [-0.15, -0.1) is 0 Å². The molecule has 0 saturated heterocycles.